The van der Waals surface area contributed by atoms with Crippen LogP contribution < -0.4 is 4.74 Å². The van der Waals surface area contributed by atoms with E-state index in [9.17, 15) is 14.9 Å². The highest BCUT2D eigenvalue weighted by molar-refractivity contribution is 8.03. The summed E-state index contributed by atoms with van der Waals surface area (Å²) in [5.74, 6) is -0.322. The van der Waals surface area contributed by atoms with Gasteiger partial charge in [-0.15, -0.1) is 11.8 Å². The minimum absolute atomic E-state index is 0.177. The summed E-state index contributed by atoms with van der Waals surface area (Å²) in [6, 6.07) is 18.3. The third-order valence-electron chi connectivity index (χ3n) is 5.59. The molecule has 1 aliphatic carbocycles. The lowest BCUT2D eigenvalue weighted by Gasteiger charge is -2.13. The van der Waals surface area contributed by atoms with Crippen LogP contribution in [-0.2, 0) is 19.1 Å². The summed E-state index contributed by atoms with van der Waals surface area (Å²) in [4.78, 5) is 25.2. The molecule has 3 atom stereocenters. The van der Waals surface area contributed by atoms with Crippen LogP contribution in [0.2, 0.25) is 0 Å². The normalized spacial score (nSPS) is 19.9. The molecule has 32 heavy (non-hydrogen) atoms. The average molecular weight is 452 g/mol. The van der Waals surface area contributed by atoms with Gasteiger partial charge in [-0.1, -0.05) is 50.3 Å². The Morgan fingerprint density at radius 1 is 1.12 bits per heavy atom. The monoisotopic (exact) mass is 451 g/mol. The first-order valence-electron chi connectivity index (χ1n) is 10.1. The van der Waals surface area contributed by atoms with Crippen molar-refractivity contribution >= 4 is 23.7 Å². The molecule has 0 bridgehead atoms. The summed E-state index contributed by atoms with van der Waals surface area (Å²) < 4.78 is 16.2. The number of thioether (sulfide) groups is 1. The molecule has 0 radical (unpaired) electrons. The molecule has 1 fully saturated rings. The second kappa shape index (κ2) is 9.92. The fraction of sp³-hybridized carbons (Fsp3) is 0.320. The quantitative estimate of drug-likeness (QED) is 0.399. The number of carbonyl (C=O) groups is 2. The van der Waals surface area contributed by atoms with E-state index >= 15 is 0 Å². The Kier molecular flexibility index (Phi) is 7.26. The Hall–Kier alpha value is -3.24. The van der Waals surface area contributed by atoms with E-state index in [2.05, 4.69) is 6.07 Å². The molecule has 2 aromatic rings. The van der Waals surface area contributed by atoms with Crippen molar-refractivity contribution in [1.82, 2.24) is 0 Å². The molecule has 7 heteroatoms. The zero-order valence-corrected chi connectivity index (χ0v) is 19.2. The molecule has 0 unspecified atom stereocenters. The number of rotatable bonds is 8. The van der Waals surface area contributed by atoms with Crippen molar-refractivity contribution in [3.8, 4) is 17.6 Å². The van der Waals surface area contributed by atoms with Crippen molar-refractivity contribution < 1.29 is 23.8 Å². The maximum absolute atomic E-state index is 12.9. The molecule has 2 aromatic carbocycles. The van der Waals surface area contributed by atoms with Crippen molar-refractivity contribution in [2.75, 3.05) is 13.4 Å². The van der Waals surface area contributed by atoms with Crippen LogP contribution in [0.3, 0.4) is 0 Å². The van der Waals surface area contributed by atoms with Gasteiger partial charge in [0.05, 0.1) is 17.9 Å². The Morgan fingerprint density at radius 2 is 1.81 bits per heavy atom. The third-order valence-corrected chi connectivity index (χ3v) is 6.34. The molecular weight excluding hydrogens is 426 g/mol. The van der Waals surface area contributed by atoms with Crippen LogP contribution in [0.4, 0.5) is 0 Å². The van der Waals surface area contributed by atoms with Crippen molar-refractivity contribution in [2.45, 2.75) is 20.0 Å². The van der Waals surface area contributed by atoms with Gasteiger partial charge in [-0.3, -0.25) is 4.79 Å². The summed E-state index contributed by atoms with van der Waals surface area (Å²) in [5.41, 5.74) is 0.142. The van der Waals surface area contributed by atoms with Gasteiger partial charge in [0.15, 0.2) is 0 Å². The van der Waals surface area contributed by atoms with E-state index in [0.29, 0.717) is 22.0 Å². The predicted octanol–water partition coefficient (Wildman–Crippen LogP) is 5.28. The average Bonchev–Trinajstić information content (AvgIpc) is 3.35. The Labute approximate surface area is 192 Å². The Bertz CT molecular complexity index is 1060. The highest BCUT2D eigenvalue weighted by Crippen LogP contribution is 2.60. The van der Waals surface area contributed by atoms with Gasteiger partial charge in [0, 0.05) is 5.56 Å². The molecule has 1 saturated carbocycles. The van der Waals surface area contributed by atoms with E-state index in [1.807, 2.05) is 44.2 Å². The van der Waals surface area contributed by atoms with Crippen LogP contribution in [-0.4, -0.2) is 25.3 Å². The molecule has 3 rings (SSSR count). The lowest BCUT2D eigenvalue weighted by Crippen LogP contribution is -2.14. The lowest BCUT2D eigenvalue weighted by atomic mass is 10.1. The number of para-hydroxylation sites is 1. The Balaban J connectivity index is 1.73. The summed E-state index contributed by atoms with van der Waals surface area (Å²) in [6.07, 6.45) is 2.48. The van der Waals surface area contributed by atoms with Gasteiger partial charge < -0.3 is 14.2 Å². The number of nitriles is 1. The van der Waals surface area contributed by atoms with E-state index in [1.54, 1.807) is 36.6 Å². The zero-order valence-electron chi connectivity index (χ0n) is 18.4. The summed E-state index contributed by atoms with van der Waals surface area (Å²) in [5, 5.41) is 9.65. The van der Waals surface area contributed by atoms with Gasteiger partial charge in [0.1, 0.15) is 17.6 Å². The molecule has 166 valence electrons. The fourth-order valence-electron chi connectivity index (χ4n) is 3.65. The van der Waals surface area contributed by atoms with Crippen LogP contribution in [0.25, 0.3) is 0 Å². The zero-order chi connectivity index (χ0) is 23.3. The molecule has 0 spiro atoms. The van der Waals surface area contributed by atoms with Gasteiger partial charge in [0.2, 0.25) is 6.10 Å². The number of nitrogens with zero attached hydrogens (tertiary/aromatic N) is 1. The fourth-order valence-corrected chi connectivity index (χ4v) is 4.18. The Morgan fingerprint density at radius 3 is 2.44 bits per heavy atom. The largest absolute Gasteiger partial charge is 0.465 e. The minimum Gasteiger partial charge on any atom is -0.465 e. The number of methoxy groups -OCH3 is 1. The molecule has 0 heterocycles. The maximum Gasteiger partial charge on any atom is 0.343 e. The maximum atomic E-state index is 12.9. The first-order chi connectivity index (χ1) is 15.3. The molecule has 6 nitrogen and oxygen atoms in total. The SMILES string of the molecule is COC(=O)C(=C[C@H]1[C@@H](C(=O)O[C@H](C#N)c2cccc(Oc3ccccc3)c2)C1(C)C)SC. The van der Waals surface area contributed by atoms with Gasteiger partial charge in [-0.05, 0) is 41.9 Å². The predicted molar refractivity (Wildman–Crippen MR) is 122 cm³/mol. The van der Waals surface area contributed by atoms with Crippen molar-refractivity contribution in [1.29, 1.82) is 5.26 Å². The van der Waals surface area contributed by atoms with E-state index in [0.717, 1.165) is 0 Å². The second-order valence-electron chi connectivity index (χ2n) is 7.99. The molecular formula is C25H25NO5S. The molecule has 1 aliphatic rings. The van der Waals surface area contributed by atoms with Crippen LogP contribution >= 0.6 is 11.8 Å². The van der Waals surface area contributed by atoms with Crippen LogP contribution in [0.15, 0.2) is 65.6 Å². The molecule has 0 aromatic heterocycles. The minimum atomic E-state index is -1.07. The van der Waals surface area contributed by atoms with Gasteiger partial charge in [0.25, 0.3) is 0 Å². The topological polar surface area (TPSA) is 85.6 Å². The van der Waals surface area contributed by atoms with Crippen molar-refractivity contribution in [2.24, 2.45) is 17.3 Å². The van der Waals surface area contributed by atoms with E-state index in [4.69, 9.17) is 14.2 Å². The molecule has 0 saturated heterocycles. The summed E-state index contributed by atoms with van der Waals surface area (Å²) >= 11 is 1.27. The highest BCUT2D eigenvalue weighted by atomic mass is 32.2. The number of esters is 2. The summed E-state index contributed by atoms with van der Waals surface area (Å²) in [6.45, 7) is 3.87. The lowest BCUT2D eigenvalue weighted by molar-refractivity contribution is -0.149. The third kappa shape index (κ3) is 5.14. The van der Waals surface area contributed by atoms with Gasteiger partial charge in [-0.25, -0.2) is 4.79 Å². The van der Waals surface area contributed by atoms with E-state index in [-0.39, 0.29) is 11.3 Å². The van der Waals surface area contributed by atoms with Crippen LogP contribution in [0.1, 0.15) is 25.5 Å². The van der Waals surface area contributed by atoms with E-state index < -0.39 is 24.0 Å². The molecule has 0 aliphatic heterocycles. The van der Waals surface area contributed by atoms with E-state index in [1.165, 1.54) is 18.9 Å². The number of carbonyl (C=O) groups excluding carboxylic acids is 2. The smallest absolute Gasteiger partial charge is 0.343 e. The van der Waals surface area contributed by atoms with Crippen molar-refractivity contribution in [3.63, 3.8) is 0 Å². The van der Waals surface area contributed by atoms with Crippen LogP contribution in [0.5, 0.6) is 11.5 Å². The van der Waals surface area contributed by atoms with Crippen molar-refractivity contribution in [3.05, 3.63) is 71.1 Å². The number of hydrogen-bond donors (Lipinski definition) is 0. The molecule has 0 amide bonds. The number of allylic oxidation sites excluding steroid dienone is 1. The molecule has 0 N–H and O–H groups in total. The van der Waals surface area contributed by atoms with Gasteiger partial charge >= 0.3 is 11.9 Å². The van der Waals surface area contributed by atoms with Crippen LogP contribution in [0, 0.1) is 28.6 Å². The van der Waals surface area contributed by atoms with Gasteiger partial charge in [-0.2, -0.15) is 5.26 Å². The second-order valence-corrected chi connectivity index (χ2v) is 8.83. The highest BCUT2D eigenvalue weighted by Gasteiger charge is 2.62. The number of hydrogen-bond acceptors (Lipinski definition) is 7. The number of benzene rings is 2. The first-order valence-corrected chi connectivity index (χ1v) is 11.3. The standard InChI is InChI=1S/C25H25NO5S/c1-25(2)19(14-21(32-4)23(27)29-3)22(25)24(28)31-20(15-26)16-9-8-12-18(13-16)30-17-10-6-5-7-11-17/h5-14,19-20,22H,1-4H3/t19-,20+,22-/m0/s1. The summed E-state index contributed by atoms with van der Waals surface area (Å²) in [7, 11) is 1.32. The first kappa shape index (κ1) is 23.4. The number of ether oxygens (including phenoxy) is 3.